The number of aliphatic imine (C=N–C) groups is 1. The predicted octanol–water partition coefficient (Wildman–Crippen LogP) is 10.7. The Bertz CT molecular complexity index is 1170. The number of ether oxygens (including phenoxy) is 1. The van der Waals surface area contributed by atoms with E-state index in [1.54, 1.807) is 0 Å². The number of rotatable bonds is 12. The van der Waals surface area contributed by atoms with Crippen LogP contribution < -0.4 is 0 Å². The zero-order valence-electron chi connectivity index (χ0n) is 26.5. The normalized spacial score (nSPS) is 14.9. The van der Waals surface area contributed by atoms with Gasteiger partial charge < -0.3 is 9.64 Å². The average Bonchev–Trinajstić information content (AvgIpc) is 2.81. The van der Waals surface area contributed by atoms with Gasteiger partial charge >= 0.3 is 6.09 Å². The minimum Gasteiger partial charge on any atom is -0.444 e. The second kappa shape index (κ2) is 16.0. The van der Waals surface area contributed by atoms with Gasteiger partial charge in [0.15, 0.2) is 0 Å². The van der Waals surface area contributed by atoms with Gasteiger partial charge in [0, 0.05) is 45.4 Å². The summed E-state index contributed by atoms with van der Waals surface area (Å²) in [6.07, 6.45) is 3.30. The van der Waals surface area contributed by atoms with Gasteiger partial charge in [0.05, 0.1) is 0 Å². The van der Waals surface area contributed by atoms with Crippen LogP contribution in [-0.2, 0) is 4.74 Å². The molecule has 1 amide bonds. The van der Waals surface area contributed by atoms with E-state index >= 15 is 0 Å². The molecule has 4 nitrogen and oxygen atoms in total. The van der Waals surface area contributed by atoms with Gasteiger partial charge in [-0.25, -0.2) is 4.79 Å². The maximum atomic E-state index is 13.1. The smallest absolute Gasteiger partial charge is 0.410 e. The lowest BCUT2D eigenvalue weighted by atomic mass is 9.89. The van der Waals surface area contributed by atoms with Crippen LogP contribution in [0.25, 0.3) is 0 Å². The number of hydrogen-bond donors (Lipinski definition) is 0. The first-order valence-corrected chi connectivity index (χ1v) is 15.5. The number of amides is 1. The molecule has 0 saturated carbocycles. The van der Waals surface area contributed by atoms with Crippen LogP contribution in [0.2, 0.25) is 5.02 Å². The molecule has 0 spiro atoms. The summed E-state index contributed by atoms with van der Waals surface area (Å²) < 4.78 is 6.84. The number of aryl methyl sites for hydroxylation is 1. The van der Waals surface area contributed by atoms with Crippen LogP contribution in [0.1, 0.15) is 92.2 Å². The first kappa shape index (κ1) is 36.2. The first-order chi connectivity index (χ1) is 18.4. The molecule has 0 aliphatic heterocycles. The number of halogens is 2. The summed E-state index contributed by atoms with van der Waals surface area (Å²) in [5, 5.41) is 0.740. The second-order valence-corrected chi connectivity index (χ2v) is 13.9. The van der Waals surface area contributed by atoms with Gasteiger partial charge in [-0.05, 0) is 119 Å². The molecule has 0 bridgehead atoms. The summed E-state index contributed by atoms with van der Waals surface area (Å²) in [6.45, 7) is 29.8. The third kappa shape index (κ3) is 11.6. The minimum absolute atomic E-state index is 0.0547. The number of carbonyl (C=O) groups excluding carboxylic acids is 1. The van der Waals surface area contributed by atoms with Gasteiger partial charge in [0.2, 0.25) is 0 Å². The Morgan fingerprint density at radius 1 is 1.18 bits per heavy atom. The van der Waals surface area contributed by atoms with E-state index in [9.17, 15) is 4.79 Å². The van der Waals surface area contributed by atoms with E-state index in [0.717, 1.165) is 36.6 Å². The highest BCUT2D eigenvalue weighted by atomic mass is 127. The molecule has 2 atom stereocenters. The van der Waals surface area contributed by atoms with Gasteiger partial charge in [0.1, 0.15) is 5.60 Å². The fraction of sp³-hybridized carbons (Fsp3) is 0.529. The van der Waals surface area contributed by atoms with E-state index in [1.165, 1.54) is 11.1 Å². The highest BCUT2D eigenvalue weighted by Crippen LogP contribution is 2.35. The summed E-state index contributed by atoms with van der Waals surface area (Å²) in [5.74, 6) is 0.485. The van der Waals surface area contributed by atoms with Crippen molar-refractivity contribution in [2.24, 2.45) is 10.9 Å². The molecular formula is C34H50ClIN2O2. The Kier molecular flexibility index (Phi) is 14.4. The second-order valence-electron chi connectivity index (χ2n) is 12.3. The quantitative estimate of drug-likeness (QED) is 0.0954. The van der Waals surface area contributed by atoms with Crippen molar-refractivity contribution in [3.8, 4) is 0 Å². The van der Waals surface area contributed by atoms with E-state index in [1.807, 2.05) is 58.7 Å². The van der Waals surface area contributed by atoms with Crippen LogP contribution in [-0.4, -0.2) is 41.9 Å². The van der Waals surface area contributed by atoms with E-state index < -0.39 is 5.60 Å². The number of carbonyl (C=O) groups is 1. The van der Waals surface area contributed by atoms with E-state index in [4.69, 9.17) is 16.3 Å². The molecule has 6 heteroatoms. The Balaban J connectivity index is 3.40. The van der Waals surface area contributed by atoms with Crippen molar-refractivity contribution in [3.05, 3.63) is 79.5 Å². The SMILES string of the molecule is C=C(C/C(C(=C)C)=C(C(/C)=N\C)\C(I)=C/C(C)c1cc(Cl)ccc1C)C[C@@H](C)N(CC(C)C)C(=O)OC(C)(C)C. The van der Waals surface area contributed by atoms with Crippen LogP contribution in [0.4, 0.5) is 4.79 Å². The van der Waals surface area contributed by atoms with Crippen LogP contribution in [0, 0.1) is 12.8 Å². The Labute approximate surface area is 262 Å². The van der Waals surface area contributed by atoms with Crippen molar-refractivity contribution in [3.63, 3.8) is 0 Å². The third-order valence-corrected chi connectivity index (χ3v) is 7.75. The summed E-state index contributed by atoms with van der Waals surface area (Å²) in [5.41, 5.74) is 7.03. The molecule has 0 saturated heterocycles. The van der Waals surface area contributed by atoms with Crippen molar-refractivity contribution < 1.29 is 9.53 Å². The van der Waals surface area contributed by atoms with Crippen molar-refractivity contribution in [1.82, 2.24) is 4.90 Å². The van der Waals surface area contributed by atoms with Crippen molar-refractivity contribution in [2.45, 2.75) is 99.6 Å². The monoisotopic (exact) mass is 680 g/mol. The Morgan fingerprint density at radius 2 is 1.77 bits per heavy atom. The lowest BCUT2D eigenvalue weighted by Gasteiger charge is -2.33. The highest BCUT2D eigenvalue weighted by molar-refractivity contribution is 14.1. The molecule has 222 valence electrons. The van der Waals surface area contributed by atoms with Crippen LogP contribution in [0.3, 0.4) is 0 Å². The van der Waals surface area contributed by atoms with Crippen LogP contribution in [0.15, 0.2) is 68.3 Å². The molecule has 0 heterocycles. The molecule has 0 fully saturated rings. The van der Waals surface area contributed by atoms with E-state index in [2.05, 4.69) is 87.5 Å². The highest BCUT2D eigenvalue weighted by Gasteiger charge is 2.27. The fourth-order valence-electron chi connectivity index (χ4n) is 4.59. The van der Waals surface area contributed by atoms with Crippen LogP contribution in [0.5, 0.6) is 0 Å². The number of allylic oxidation sites excluding steroid dienone is 5. The molecule has 1 rings (SSSR count). The number of nitrogens with zero attached hydrogens (tertiary/aromatic N) is 2. The van der Waals surface area contributed by atoms with Crippen molar-refractivity contribution in [2.75, 3.05) is 13.6 Å². The minimum atomic E-state index is -0.547. The summed E-state index contributed by atoms with van der Waals surface area (Å²) in [4.78, 5) is 19.5. The third-order valence-electron chi connectivity index (χ3n) is 6.61. The molecular weight excluding hydrogens is 631 g/mol. The molecule has 0 radical (unpaired) electrons. The summed E-state index contributed by atoms with van der Waals surface area (Å²) >= 11 is 8.74. The molecule has 0 N–H and O–H groups in total. The number of hydrogen-bond acceptors (Lipinski definition) is 3. The average molecular weight is 681 g/mol. The fourth-order valence-corrected chi connectivity index (χ4v) is 6.03. The van der Waals surface area contributed by atoms with Gasteiger partial charge in [-0.2, -0.15) is 0 Å². The van der Waals surface area contributed by atoms with Crippen molar-refractivity contribution in [1.29, 1.82) is 0 Å². The summed E-state index contributed by atoms with van der Waals surface area (Å²) in [7, 11) is 1.82. The number of benzene rings is 1. The zero-order valence-corrected chi connectivity index (χ0v) is 29.5. The zero-order chi connectivity index (χ0) is 30.9. The molecule has 0 aromatic heterocycles. The van der Waals surface area contributed by atoms with E-state index in [0.29, 0.717) is 25.3 Å². The van der Waals surface area contributed by atoms with Crippen molar-refractivity contribution >= 4 is 46.0 Å². The molecule has 0 aliphatic carbocycles. The maximum absolute atomic E-state index is 13.1. The summed E-state index contributed by atoms with van der Waals surface area (Å²) in [6, 6.07) is 5.98. The van der Waals surface area contributed by atoms with Gasteiger partial charge in [0.25, 0.3) is 0 Å². The molecule has 40 heavy (non-hydrogen) atoms. The Morgan fingerprint density at radius 3 is 2.27 bits per heavy atom. The standard InChI is InChI=1S/C34H50ClIN2O2/c1-21(2)20-38(33(39)40-34(10,11)12)26(8)16-23(5)17-29(22(3)4)32(27(9)37-13)31(36)18-25(7)30-19-28(35)15-14-24(30)6/h14-15,18-19,21,25-26H,3,5,16-17,20H2,1-2,4,6-13H3/b31-18+,32-29+,37-27-/t25?,26-/m1/s1. The molecule has 1 unspecified atom stereocenters. The van der Waals surface area contributed by atoms with E-state index in [-0.39, 0.29) is 18.1 Å². The Hall–Kier alpha value is -1.86. The molecule has 1 aromatic carbocycles. The first-order valence-electron chi connectivity index (χ1n) is 14.0. The van der Waals surface area contributed by atoms with Gasteiger partial charge in [-0.3, -0.25) is 4.99 Å². The largest absolute Gasteiger partial charge is 0.444 e. The van der Waals surface area contributed by atoms with Gasteiger partial charge in [-0.1, -0.05) is 68.8 Å². The topological polar surface area (TPSA) is 41.9 Å². The molecule has 0 aliphatic rings. The maximum Gasteiger partial charge on any atom is 0.410 e. The van der Waals surface area contributed by atoms with Gasteiger partial charge in [-0.15, -0.1) is 0 Å². The molecule has 1 aromatic rings. The lowest BCUT2D eigenvalue weighted by molar-refractivity contribution is 0.0150. The van der Waals surface area contributed by atoms with Crippen LogP contribution >= 0.6 is 34.2 Å². The lowest BCUT2D eigenvalue weighted by Crippen LogP contribution is -2.44. The predicted molar refractivity (Wildman–Crippen MR) is 183 cm³/mol.